The zero-order chi connectivity index (χ0) is 27.1. The SMILES string of the molecule is CNc1ccc(-c2cc(Nc3cc(NC)c(N(C)CCN4CCN(C)CC4)cc3OC)ncn2)cc1C=N. The molecule has 1 aliphatic heterocycles. The van der Waals surface area contributed by atoms with E-state index in [9.17, 15) is 0 Å². The van der Waals surface area contributed by atoms with Gasteiger partial charge < -0.3 is 35.9 Å². The lowest BCUT2D eigenvalue weighted by atomic mass is 10.1. The summed E-state index contributed by atoms with van der Waals surface area (Å²) in [7, 11) is 9.76. The first-order valence-corrected chi connectivity index (χ1v) is 12.9. The summed E-state index contributed by atoms with van der Waals surface area (Å²) in [5, 5.41) is 17.6. The Kier molecular flexibility index (Phi) is 8.98. The number of nitrogens with zero attached hydrogens (tertiary/aromatic N) is 5. The molecule has 0 bridgehead atoms. The van der Waals surface area contributed by atoms with Gasteiger partial charge in [0.15, 0.2) is 0 Å². The number of methoxy groups -OCH3 is 1. The van der Waals surface area contributed by atoms with E-state index in [0.29, 0.717) is 5.82 Å². The van der Waals surface area contributed by atoms with Crippen LogP contribution in [0.25, 0.3) is 11.3 Å². The van der Waals surface area contributed by atoms with E-state index < -0.39 is 0 Å². The van der Waals surface area contributed by atoms with Crippen LogP contribution in [0.15, 0.2) is 42.7 Å². The number of likely N-dealkylation sites (N-methyl/N-ethyl adjacent to an activating group) is 2. The van der Waals surface area contributed by atoms with Gasteiger partial charge in [-0.2, -0.15) is 0 Å². The van der Waals surface area contributed by atoms with Crippen molar-refractivity contribution in [2.75, 3.05) is 95.4 Å². The van der Waals surface area contributed by atoms with Crippen molar-refractivity contribution in [1.82, 2.24) is 19.8 Å². The number of benzene rings is 2. The van der Waals surface area contributed by atoms with Crippen LogP contribution < -0.4 is 25.6 Å². The molecule has 202 valence electrons. The number of piperazine rings is 1. The zero-order valence-corrected chi connectivity index (χ0v) is 23.0. The Hall–Kier alpha value is -3.89. The van der Waals surface area contributed by atoms with Gasteiger partial charge in [-0.3, -0.25) is 4.90 Å². The van der Waals surface area contributed by atoms with E-state index in [-0.39, 0.29) is 0 Å². The molecule has 4 N–H and O–H groups in total. The van der Waals surface area contributed by atoms with Gasteiger partial charge in [0.25, 0.3) is 0 Å². The summed E-state index contributed by atoms with van der Waals surface area (Å²) in [6, 6.07) is 11.9. The van der Waals surface area contributed by atoms with Gasteiger partial charge in [-0.25, -0.2) is 9.97 Å². The molecule has 0 atom stereocenters. The maximum absolute atomic E-state index is 7.72. The highest BCUT2D eigenvalue weighted by Gasteiger charge is 2.17. The molecule has 0 saturated carbocycles. The number of rotatable bonds is 11. The Morgan fingerprint density at radius 3 is 2.45 bits per heavy atom. The van der Waals surface area contributed by atoms with Crippen molar-refractivity contribution in [3.8, 4) is 17.0 Å². The molecule has 4 rings (SSSR count). The molecular weight excluding hydrogens is 478 g/mol. The van der Waals surface area contributed by atoms with Gasteiger partial charge in [-0.15, -0.1) is 0 Å². The fourth-order valence-corrected chi connectivity index (χ4v) is 4.63. The van der Waals surface area contributed by atoms with Crippen LogP contribution in [0, 0.1) is 5.41 Å². The normalized spacial score (nSPS) is 14.1. The topological polar surface area (TPSA) is 105 Å². The molecule has 2 aromatic carbocycles. The lowest BCUT2D eigenvalue weighted by Crippen LogP contribution is -2.46. The molecule has 1 saturated heterocycles. The molecule has 2 heterocycles. The predicted molar refractivity (Wildman–Crippen MR) is 158 cm³/mol. The monoisotopic (exact) mass is 517 g/mol. The summed E-state index contributed by atoms with van der Waals surface area (Å²) in [6.07, 6.45) is 2.88. The van der Waals surface area contributed by atoms with Crippen LogP contribution in [-0.4, -0.2) is 101 Å². The zero-order valence-electron chi connectivity index (χ0n) is 23.0. The van der Waals surface area contributed by atoms with Crippen molar-refractivity contribution in [3.63, 3.8) is 0 Å². The van der Waals surface area contributed by atoms with Gasteiger partial charge in [-0.1, -0.05) is 6.07 Å². The molecule has 1 aliphatic rings. The van der Waals surface area contributed by atoms with Crippen LogP contribution in [0.1, 0.15) is 5.56 Å². The summed E-state index contributed by atoms with van der Waals surface area (Å²) < 4.78 is 5.78. The molecule has 1 aromatic heterocycles. The first-order chi connectivity index (χ1) is 18.4. The fraction of sp³-hybridized carbons (Fsp3) is 0.393. The standard InChI is InChI=1S/C28H39N9O/c1-30-22-7-6-20(14-21(22)18-29)23-16-28(33-19-32-23)34-25-15-24(31-2)26(17-27(25)38-5)36(4)10-13-37-11-8-35(3)9-12-37/h6-7,14-19,29-31H,8-13H2,1-5H3,(H,32,33,34). The molecule has 38 heavy (non-hydrogen) atoms. The third kappa shape index (κ3) is 6.32. The highest BCUT2D eigenvalue weighted by molar-refractivity contribution is 5.88. The average molecular weight is 518 g/mol. The van der Waals surface area contributed by atoms with Gasteiger partial charge in [0.2, 0.25) is 0 Å². The van der Waals surface area contributed by atoms with Crippen molar-refractivity contribution in [2.24, 2.45) is 0 Å². The van der Waals surface area contributed by atoms with E-state index in [0.717, 1.165) is 84.6 Å². The van der Waals surface area contributed by atoms with Gasteiger partial charge in [0.1, 0.15) is 17.9 Å². The minimum atomic E-state index is 0.653. The Bertz CT molecular complexity index is 1240. The number of hydrogen-bond acceptors (Lipinski definition) is 10. The summed E-state index contributed by atoms with van der Waals surface area (Å²) in [5.41, 5.74) is 6.26. The van der Waals surface area contributed by atoms with Crippen LogP contribution in [0.4, 0.5) is 28.6 Å². The van der Waals surface area contributed by atoms with Crippen LogP contribution in [-0.2, 0) is 0 Å². The number of ether oxygens (including phenoxy) is 1. The van der Waals surface area contributed by atoms with Crippen LogP contribution in [0.5, 0.6) is 5.75 Å². The smallest absolute Gasteiger partial charge is 0.144 e. The minimum absolute atomic E-state index is 0.653. The first kappa shape index (κ1) is 27.2. The Morgan fingerprint density at radius 2 is 1.76 bits per heavy atom. The summed E-state index contributed by atoms with van der Waals surface area (Å²) in [6.45, 7) is 6.41. The van der Waals surface area contributed by atoms with Crippen LogP contribution in [0.2, 0.25) is 0 Å². The highest BCUT2D eigenvalue weighted by Crippen LogP contribution is 2.38. The quantitative estimate of drug-likeness (QED) is 0.284. The molecule has 10 nitrogen and oxygen atoms in total. The van der Waals surface area contributed by atoms with E-state index in [1.807, 2.05) is 38.4 Å². The summed E-state index contributed by atoms with van der Waals surface area (Å²) in [5.74, 6) is 1.38. The summed E-state index contributed by atoms with van der Waals surface area (Å²) >= 11 is 0. The van der Waals surface area contributed by atoms with Crippen molar-refractivity contribution in [2.45, 2.75) is 0 Å². The predicted octanol–water partition coefficient (Wildman–Crippen LogP) is 3.66. The molecule has 3 aromatic rings. The highest BCUT2D eigenvalue weighted by atomic mass is 16.5. The average Bonchev–Trinajstić information content (AvgIpc) is 2.96. The van der Waals surface area contributed by atoms with Crippen molar-refractivity contribution >= 4 is 34.8 Å². The van der Waals surface area contributed by atoms with E-state index in [1.165, 1.54) is 6.21 Å². The fourth-order valence-electron chi connectivity index (χ4n) is 4.63. The Labute approximate surface area is 225 Å². The Balaban J connectivity index is 1.53. The second-order valence-electron chi connectivity index (χ2n) is 9.50. The molecular formula is C28H39N9O. The van der Waals surface area contributed by atoms with Crippen molar-refractivity contribution < 1.29 is 4.74 Å². The van der Waals surface area contributed by atoms with Crippen LogP contribution >= 0.6 is 0 Å². The van der Waals surface area contributed by atoms with E-state index in [4.69, 9.17) is 10.1 Å². The molecule has 10 heteroatoms. The second-order valence-corrected chi connectivity index (χ2v) is 9.50. The third-order valence-electron chi connectivity index (χ3n) is 7.05. The van der Waals surface area contributed by atoms with Crippen LogP contribution in [0.3, 0.4) is 0 Å². The minimum Gasteiger partial charge on any atom is -0.494 e. The van der Waals surface area contributed by atoms with Crippen molar-refractivity contribution in [3.05, 3.63) is 48.3 Å². The number of nitrogens with one attached hydrogen (secondary N) is 4. The van der Waals surface area contributed by atoms with Gasteiger partial charge in [0.05, 0.1) is 29.9 Å². The summed E-state index contributed by atoms with van der Waals surface area (Å²) in [4.78, 5) is 16.1. The largest absolute Gasteiger partial charge is 0.494 e. The maximum Gasteiger partial charge on any atom is 0.144 e. The lowest BCUT2D eigenvalue weighted by molar-refractivity contribution is 0.157. The van der Waals surface area contributed by atoms with E-state index in [2.05, 4.69) is 66.8 Å². The lowest BCUT2D eigenvalue weighted by Gasteiger charge is -2.34. The van der Waals surface area contributed by atoms with E-state index >= 15 is 0 Å². The number of anilines is 5. The van der Waals surface area contributed by atoms with Gasteiger partial charge in [-0.05, 0) is 25.2 Å². The third-order valence-corrected chi connectivity index (χ3v) is 7.05. The molecule has 1 fully saturated rings. The Morgan fingerprint density at radius 1 is 1.00 bits per heavy atom. The number of aromatic nitrogens is 2. The van der Waals surface area contributed by atoms with E-state index in [1.54, 1.807) is 13.4 Å². The second kappa shape index (κ2) is 12.6. The van der Waals surface area contributed by atoms with Gasteiger partial charge in [0, 0.05) is 95.6 Å². The molecule has 0 radical (unpaired) electrons. The molecule has 0 unspecified atom stereocenters. The van der Waals surface area contributed by atoms with Gasteiger partial charge >= 0.3 is 0 Å². The first-order valence-electron chi connectivity index (χ1n) is 12.9. The maximum atomic E-state index is 7.72. The van der Waals surface area contributed by atoms with Crippen molar-refractivity contribution in [1.29, 1.82) is 5.41 Å². The number of hydrogen-bond donors (Lipinski definition) is 4. The molecule has 0 amide bonds. The molecule has 0 spiro atoms. The molecule has 0 aliphatic carbocycles.